The third-order valence-electron chi connectivity index (χ3n) is 5.88. The van der Waals surface area contributed by atoms with Crippen LogP contribution in [0.4, 0.5) is 11.4 Å². The van der Waals surface area contributed by atoms with E-state index in [1.165, 1.54) is 0 Å². The maximum absolute atomic E-state index is 4.57. The van der Waals surface area contributed by atoms with Crippen molar-refractivity contribution in [3.63, 3.8) is 0 Å². The molecule has 0 fully saturated rings. The Balaban J connectivity index is 1.47. The van der Waals surface area contributed by atoms with Crippen molar-refractivity contribution in [1.29, 1.82) is 0 Å². The summed E-state index contributed by atoms with van der Waals surface area (Å²) in [4.78, 5) is 22.9. The highest BCUT2D eigenvalue weighted by Crippen LogP contribution is 2.27. The smallest absolute Gasteiger partial charge is 0.0606 e. The number of hydrogen-bond acceptors (Lipinski definition) is 6. The zero-order valence-electron chi connectivity index (χ0n) is 20.1. The van der Waals surface area contributed by atoms with E-state index < -0.39 is 0 Å². The molecule has 0 saturated heterocycles. The molecule has 36 heavy (non-hydrogen) atoms. The first-order valence-electron chi connectivity index (χ1n) is 12.0. The minimum Gasteiger partial charge on any atom is -0.360 e. The van der Waals surface area contributed by atoms with Gasteiger partial charge in [-0.15, -0.1) is 0 Å². The highest BCUT2D eigenvalue weighted by molar-refractivity contribution is 5.60. The van der Waals surface area contributed by atoms with E-state index in [-0.39, 0.29) is 0 Å². The standard InChI is InChI=1S/C30H28N6/c1-5-16-31-25(10-1)21-35(22-26-11-2-6-17-32-26)29-14-9-15-30(20-29)36(23-27-12-3-7-18-33-27)24-28-13-4-8-19-34-28/h1-20H,21-24H2. The van der Waals surface area contributed by atoms with Crippen LogP contribution in [0.2, 0.25) is 0 Å². The third-order valence-corrected chi connectivity index (χ3v) is 5.88. The van der Waals surface area contributed by atoms with Gasteiger partial charge in [-0.2, -0.15) is 0 Å². The Morgan fingerprint density at radius 2 is 0.722 bits per heavy atom. The summed E-state index contributed by atoms with van der Waals surface area (Å²) in [5.41, 5.74) is 6.26. The topological polar surface area (TPSA) is 58.0 Å². The average molecular weight is 473 g/mol. The van der Waals surface area contributed by atoms with Crippen LogP contribution in [0, 0.1) is 0 Å². The van der Waals surface area contributed by atoms with Crippen LogP contribution in [-0.4, -0.2) is 19.9 Å². The summed E-state index contributed by atoms with van der Waals surface area (Å²) in [5.74, 6) is 0. The lowest BCUT2D eigenvalue weighted by Gasteiger charge is -2.28. The predicted octanol–water partition coefficient (Wildman–Crippen LogP) is 5.68. The number of aromatic nitrogens is 4. The maximum Gasteiger partial charge on any atom is 0.0606 e. The van der Waals surface area contributed by atoms with E-state index in [4.69, 9.17) is 0 Å². The largest absolute Gasteiger partial charge is 0.360 e. The van der Waals surface area contributed by atoms with Crippen LogP contribution >= 0.6 is 0 Å². The second-order valence-corrected chi connectivity index (χ2v) is 8.52. The Bertz CT molecular complexity index is 1150. The first-order valence-corrected chi connectivity index (χ1v) is 12.0. The molecule has 0 saturated carbocycles. The van der Waals surface area contributed by atoms with Crippen molar-refractivity contribution in [2.24, 2.45) is 0 Å². The molecular weight excluding hydrogens is 444 g/mol. The number of pyridine rings is 4. The van der Waals surface area contributed by atoms with Gasteiger partial charge in [0.25, 0.3) is 0 Å². The van der Waals surface area contributed by atoms with Crippen LogP contribution in [-0.2, 0) is 26.2 Å². The van der Waals surface area contributed by atoms with Gasteiger partial charge in [-0.3, -0.25) is 19.9 Å². The van der Waals surface area contributed by atoms with Crippen molar-refractivity contribution in [3.8, 4) is 0 Å². The molecule has 5 aromatic rings. The summed E-state index contributed by atoms with van der Waals surface area (Å²) in [5, 5.41) is 0. The van der Waals surface area contributed by atoms with Gasteiger partial charge in [0, 0.05) is 36.2 Å². The quantitative estimate of drug-likeness (QED) is 0.261. The van der Waals surface area contributed by atoms with E-state index in [0.717, 1.165) is 34.2 Å². The molecule has 1 aromatic carbocycles. The summed E-state index contributed by atoms with van der Waals surface area (Å²) in [6.07, 6.45) is 7.36. The molecule has 4 heterocycles. The van der Waals surface area contributed by atoms with Gasteiger partial charge in [0.1, 0.15) is 0 Å². The summed E-state index contributed by atoms with van der Waals surface area (Å²) < 4.78 is 0. The molecule has 4 aromatic heterocycles. The zero-order valence-corrected chi connectivity index (χ0v) is 20.1. The van der Waals surface area contributed by atoms with E-state index in [1.807, 2.05) is 73.3 Å². The molecule has 178 valence electrons. The number of rotatable bonds is 10. The zero-order chi connectivity index (χ0) is 24.4. The molecular formula is C30H28N6. The van der Waals surface area contributed by atoms with Crippen LogP contribution in [0.3, 0.4) is 0 Å². The predicted molar refractivity (Wildman–Crippen MR) is 143 cm³/mol. The lowest BCUT2D eigenvalue weighted by molar-refractivity contribution is 0.754. The van der Waals surface area contributed by atoms with E-state index in [1.54, 1.807) is 0 Å². The Labute approximate surface area is 212 Å². The summed E-state index contributed by atoms with van der Waals surface area (Å²) >= 11 is 0. The van der Waals surface area contributed by atoms with E-state index in [0.29, 0.717) is 26.2 Å². The molecule has 5 rings (SSSR count). The van der Waals surface area contributed by atoms with Crippen molar-refractivity contribution in [3.05, 3.63) is 145 Å². The SMILES string of the molecule is c1ccc(CN(Cc2ccccn2)c2cccc(N(Cc3ccccn3)Cc3ccccn3)c2)nc1. The van der Waals surface area contributed by atoms with Crippen LogP contribution in [0.1, 0.15) is 22.8 Å². The van der Waals surface area contributed by atoms with Gasteiger partial charge in [0.2, 0.25) is 0 Å². The van der Waals surface area contributed by atoms with Crippen molar-refractivity contribution in [2.75, 3.05) is 9.80 Å². The molecule has 0 radical (unpaired) electrons. The van der Waals surface area contributed by atoms with Gasteiger partial charge >= 0.3 is 0 Å². The molecule has 0 amide bonds. The molecule has 0 N–H and O–H groups in total. The summed E-state index contributed by atoms with van der Waals surface area (Å²) in [7, 11) is 0. The van der Waals surface area contributed by atoms with Crippen molar-refractivity contribution < 1.29 is 0 Å². The average Bonchev–Trinajstić information content (AvgIpc) is 2.95. The van der Waals surface area contributed by atoms with Gasteiger partial charge < -0.3 is 9.80 Å². The Morgan fingerprint density at radius 1 is 0.389 bits per heavy atom. The van der Waals surface area contributed by atoms with Gasteiger partial charge in [-0.05, 0) is 66.7 Å². The maximum atomic E-state index is 4.57. The first-order chi connectivity index (χ1) is 17.8. The number of benzene rings is 1. The molecule has 0 spiro atoms. The minimum absolute atomic E-state index is 0.682. The van der Waals surface area contributed by atoms with Crippen molar-refractivity contribution in [1.82, 2.24) is 19.9 Å². The molecule has 0 aliphatic heterocycles. The first kappa shape index (κ1) is 23.2. The third kappa shape index (κ3) is 6.30. The van der Waals surface area contributed by atoms with Gasteiger partial charge in [-0.1, -0.05) is 30.3 Å². The fraction of sp³-hybridized carbons (Fsp3) is 0.133. The summed E-state index contributed by atoms with van der Waals surface area (Å²) in [6.45, 7) is 2.73. The Hall–Kier alpha value is -4.58. The molecule has 0 aliphatic carbocycles. The fourth-order valence-electron chi connectivity index (χ4n) is 4.11. The Kier molecular flexibility index (Phi) is 7.54. The molecule has 0 atom stereocenters. The fourth-order valence-corrected chi connectivity index (χ4v) is 4.11. The molecule has 0 aliphatic rings. The van der Waals surface area contributed by atoms with Crippen molar-refractivity contribution in [2.45, 2.75) is 26.2 Å². The lowest BCUT2D eigenvalue weighted by Crippen LogP contribution is -2.25. The van der Waals surface area contributed by atoms with Gasteiger partial charge in [0.05, 0.1) is 49.0 Å². The monoisotopic (exact) mass is 472 g/mol. The van der Waals surface area contributed by atoms with Crippen LogP contribution in [0.5, 0.6) is 0 Å². The van der Waals surface area contributed by atoms with Crippen LogP contribution in [0.15, 0.2) is 122 Å². The number of hydrogen-bond donors (Lipinski definition) is 0. The van der Waals surface area contributed by atoms with E-state index >= 15 is 0 Å². The normalized spacial score (nSPS) is 10.7. The van der Waals surface area contributed by atoms with Crippen molar-refractivity contribution >= 4 is 11.4 Å². The lowest BCUT2D eigenvalue weighted by atomic mass is 10.2. The van der Waals surface area contributed by atoms with Crippen LogP contribution < -0.4 is 9.80 Å². The number of nitrogens with zero attached hydrogens (tertiary/aromatic N) is 6. The van der Waals surface area contributed by atoms with E-state index in [9.17, 15) is 0 Å². The second-order valence-electron chi connectivity index (χ2n) is 8.52. The van der Waals surface area contributed by atoms with Gasteiger partial charge in [-0.25, -0.2) is 0 Å². The molecule has 6 heteroatoms. The molecule has 0 bridgehead atoms. The molecule has 6 nitrogen and oxygen atoms in total. The Morgan fingerprint density at radius 3 is 1.00 bits per heavy atom. The highest BCUT2D eigenvalue weighted by atomic mass is 15.2. The summed E-state index contributed by atoms with van der Waals surface area (Å²) in [6, 6.07) is 32.8. The van der Waals surface area contributed by atoms with Gasteiger partial charge in [0.15, 0.2) is 0 Å². The minimum atomic E-state index is 0.682. The highest BCUT2D eigenvalue weighted by Gasteiger charge is 2.15. The van der Waals surface area contributed by atoms with E-state index in [2.05, 4.69) is 78.3 Å². The van der Waals surface area contributed by atoms with Crippen LogP contribution in [0.25, 0.3) is 0 Å². The second kappa shape index (κ2) is 11.7. The molecule has 0 unspecified atom stereocenters. The number of anilines is 2.